The fraction of sp³-hybridized carbons (Fsp3) is 0.111. The lowest BCUT2D eigenvalue weighted by atomic mass is 10.2. The standard InChI is InChI=1S/C9H9BrFN3O2/c10-6-3-1-2-5(8(6)11)9(15)13-4-7(12)14-16/h1-3,16H,4H2,(H2,12,14)(H,13,15). The molecule has 16 heavy (non-hydrogen) atoms. The van der Waals surface area contributed by atoms with E-state index in [0.717, 1.165) is 0 Å². The molecule has 0 heterocycles. The number of nitrogens with zero attached hydrogens (tertiary/aromatic N) is 1. The van der Waals surface area contributed by atoms with Gasteiger partial charge in [0.1, 0.15) is 5.82 Å². The van der Waals surface area contributed by atoms with Crippen molar-refractivity contribution >= 4 is 27.7 Å². The third-order valence-corrected chi connectivity index (χ3v) is 2.37. The summed E-state index contributed by atoms with van der Waals surface area (Å²) in [5.41, 5.74) is 5.04. The molecule has 0 radical (unpaired) electrons. The number of carbonyl (C=O) groups is 1. The topological polar surface area (TPSA) is 87.7 Å². The van der Waals surface area contributed by atoms with Crippen molar-refractivity contribution < 1.29 is 14.4 Å². The predicted molar refractivity (Wildman–Crippen MR) is 59.8 cm³/mol. The van der Waals surface area contributed by atoms with Crippen molar-refractivity contribution in [2.24, 2.45) is 10.9 Å². The summed E-state index contributed by atoms with van der Waals surface area (Å²) in [4.78, 5) is 11.5. The van der Waals surface area contributed by atoms with Crippen LogP contribution in [0.2, 0.25) is 0 Å². The second-order valence-corrected chi connectivity index (χ2v) is 3.73. The van der Waals surface area contributed by atoms with Crippen molar-refractivity contribution in [2.75, 3.05) is 6.54 Å². The van der Waals surface area contributed by atoms with Crippen LogP contribution in [-0.4, -0.2) is 23.5 Å². The van der Waals surface area contributed by atoms with Crippen LogP contribution < -0.4 is 11.1 Å². The number of oxime groups is 1. The molecule has 1 aromatic carbocycles. The molecule has 4 N–H and O–H groups in total. The zero-order chi connectivity index (χ0) is 12.1. The number of nitrogens with two attached hydrogens (primary N) is 1. The Morgan fingerprint density at radius 3 is 2.94 bits per heavy atom. The maximum Gasteiger partial charge on any atom is 0.254 e. The van der Waals surface area contributed by atoms with Gasteiger partial charge in [0.25, 0.3) is 5.91 Å². The molecule has 86 valence electrons. The molecule has 0 unspecified atom stereocenters. The highest BCUT2D eigenvalue weighted by atomic mass is 79.9. The van der Waals surface area contributed by atoms with Gasteiger partial charge in [0.15, 0.2) is 5.84 Å². The van der Waals surface area contributed by atoms with Crippen LogP contribution in [-0.2, 0) is 0 Å². The highest BCUT2D eigenvalue weighted by molar-refractivity contribution is 9.10. The molecular formula is C9H9BrFN3O2. The molecule has 0 aromatic heterocycles. The lowest BCUT2D eigenvalue weighted by Gasteiger charge is -2.05. The Kier molecular flexibility index (Phi) is 4.24. The third kappa shape index (κ3) is 2.93. The van der Waals surface area contributed by atoms with E-state index in [-0.39, 0.29) is 22.4 Å². The number of hydrogen-bond donors (Lipinski definition) is 3. The van der Waals surface area contributed by atoms with Crippen molar-refractivity contribution in [2.45, 2.75) is 0 Å². The predicted octanol–water partition coefficient (Wildman–Crippen LogP) is 1.06. The number of halogens is 2. The van der Waals surface area contributed by atoms with Gasteiger partial charge in [-0.3, -0.25) is 4.79 Å². The van der Waals surface area contributed by atoms with Crippen molar-refractivity contribution in [3.63, 3.8) is 0 Å². The van der Waals surface area contributed by atoms with E-state index in [2.05, 4.69) is 26.4 Å². The van der Waals surface area contributed by atoms with Gasteiger partial charge < -0.3 is 16.3 Å². The molecule has 0 aliphatic heterocycles. The van der Waals surface area contributed by atoms with Gasteiger partial charge in [0.2, 0.25) is 0 Å². The second-order valence-electron chi connectivity index (χ2n) is 2.88. The SMILES string of the molecule is N/C(CNC(=O)c1cccc(Br)c1F)=N/O. The lowest BCUT2D eigenvalue weighted by Crippen LogP contribution is -2.34. The van der Waals surface area contributed by atoms with E-state index >= 15 is 0 Å². The van der Waals surface area contributed by atoms with Crippen LogP contribution >= 0.6 is 15.9 Å². The minimum absolute atomic E-state index is 0.111. The van der Waals surface area contributed by atoms with Crippen LogP contribution in [0.15, 0.2) is 27.8 Å². The van der Waals surface area contributed by atoms with Gasteiger partial charge in [0, 0.05) is 0 Å². The van der Waals surface area contributed by atoms with Gasteiger partial charge in [-0.1, -0.05) is 11.2 Å². The molecule has 1 rings (SSSR count). The average molecular weight is 290 g/mol. The molecule has 5 nitrogen and oxygen atoms in total. The largest absolute Gasteiger partial charge is 0.409 e. The molecular weight excluding hydrogens is 281 g/mol. The molecule has 0 saturated heterocycles. The normalized spacial score (nSPS) is 11.2. The Morgan fingerprint density at radius 1 is 1.62 bits per heavy atom. The third-order valence-electron chi connectivity index (χ3n) is 1.75. The van der Waals surface area contributed by atoms with E-state index in [1.165, 1.54) is 18.2 Å². The average Bonchev–Trinajstić information content (AvgIpc) is 2.29. The Balaban J connectivity index is 2.78. The van der Waals surface area contributed by atoms with Crippen LogP contribution in [0.25, 0.3) is 0 Å². The fourth-order valence-corrected chi connectivity index (χ4v) is 1.35. The van der Waals surface area contributed by atoms with E-state index in [0.29, 0.717) is 0 Å². The van der Waals surface area contributed by atoms with Gasteiger partial charge in [-0.2, -0.15) is 0 Å². The van der Waals surface area contributed by atoms with Crippen molar-refractivity contribution in [3.05, 3.63) is 34.1 Å². The fourth-order valence-electron chi connectivity index (χ4n) is 0.981. The number of amidine groups is 1. The lowest BCUT2D eigenvalue weighted by molar-refractivity contribution is 0.0955. The van der Waals surface area contributed by atoms with Gasteiger partial charge in [-0.15, -0.1) is 0 Å². The number of hydrogen-bond acceptors (Lipinski definition) is 3. The number of rotatable bonds is 3. The van der Waals surface area contributed by atoms with E-state index in [1.807, 2.05) is 0 Å². The van der Waals surface area contributed by atoms with E-state index in [1.54, 1.807) is 0 Å². The molecule has 0 bridgehead atoms. The summed E-state index contributed by atoms with van der Waals surface area (Å²) in [7, 11) is 0. The summed E-state index contributed by atoms with van der Waals surface area (Å²) in [6.07, 6.45) is 0. The van der Waals surface area contributed by atoms with Gasteiger partial charge in [-0.05, 0) is 28.1 Å². The first-order chi connectivity index (χ1) is 7.56. The number of benzene rings is 1. The minimum atomic E-state index is -0.653. The first-order valence-electron chi connectivity index (χ1n) is 4.25. The van der Waals surface area contributed by atoms with Gasteiger partial charge in [-0.25, -0.2) is 4.39 Å². The first kappa shape index (κ1) is 12.4. The molecule has 1 aromatic rings. The van der Waals surface area contributed by atoms with Crippen LogP contribution in [0.3, 0.4) is 0 Å². The molecule has 0 saturated carbocycles. The van der Waals surface area contributed by atoms with E-state index in [4.69, 9.17) is 10.9 Å². The molecule has 1 amide bonds. The van der Waals surface area contributed by atoms with E-state index < -0.39 is 11.7 Å². The molecule has 7 heteroatoms. The molecule has 0 atom stereocenters. The summed E-state index contributed by atoms with van der Waals surface area (Å²) in [6, 6.07) is 4.35. The monoisotopic (exact) mass is 289 g/mol. The zero-order valence-electron chi connectivity index (χ0n) is 8.08. The summed E-state index contributed by atoms with van der Waals surface area (Å²) in [5.74, 6) is -1.45. The summed E-state index contributed by atoms with van der Waals surface area (Å²) >= 11 is 2.96. The summed E-state index contributed by atoms with van der Waals surface area (Å²) < 4.78 is 13.6. The Hall–Kier alpha value is -1.63. The van der Waals surface area contributed by atoms with Crippen LogP contribution in [0.4, 0.5) is 4.39 Å². The minimum Gasteiger partial charge on any atom is -0.409 e. The van der Waals surface area contributed by atoms with Crippen LogP contribution in [0.5, 0.6) is 0 Å². The van der Waals surface area contributed by atoms with Gasteiger partial charge >= 0.3 is 0 Å². The second kappa shape index (κ2) is 5.45. The first-order valence-corrected chi connectivity index (χ1v) is 5.04. The van der Waals surface area contributed by atoms with Crippen molar-refractivity contribution in [1.29, 1.82) is 0 Å². The Morgan fingerprint density at radius 2 is 2.31 bits per heavy atom. The maximum atomic E-state index is 13.4. The smallest absolute Gasteiger partial charge is 0.254 e. The molecule has 0 spiro atoms. The summed E-state index contributed by atoms with van der Waals surface area (Å²) in [5, 5.41) is 13.2. The number of carbonyl (C=O) groups excluding carboxylic acids is 1. The molecule has 0 aliphatic carbocycles. The molecule has 0 fully saturated rings. The van der Waals surface area contributed by atoms with Crippen LogP contribution in [0, 0.1) is 5.82 Å². The van der Waals surface area contributed by atoms with Gasteiger partial charge in [0.05, 0.1) is 16.6 Å². The van der Waals surface area contributed by atoms with Crippen molar-refractivity contribution in [3.8, 4) is 0 Å². The van der Waals surface area contributed by atoms with Crippen molar-refractivity contribution in [1.82, 2.24) is 5.32 Å². The van der Waals surface area contributed by atoms with E-state index in [9.17, 15) is 9.18 Å². The summed E-state index contributed by atoms with van der Waals surface area (Å²) in [6.45, 7) is -0.152. The molecule has 0 aliphatic rings. The highest BCUT2D eigenvalue weighted by Gasteiger charge is 2.13. The Labute approximate surface area is 99.3 Å². The maximum absolute atomic E-state index is 13.4. The zero-order valence-corrected chi connectivity index (χ0v) is 9.66. The Bertz CT molecular complexity index is 437. The number of nitrogens with one attached hydrogen (secondary N) is 1. The van der Waals surface area contributed by atoms with Crippen LogP contribution in [0.1, 0.15) is 10.4 Å². The number of amides is 1. The highest BCUT2D eigenvalue weighted by Crippen LogP contribution is 2.18. The quantitative estimate of drug-likeness (QED) is 0.337.